The molecule has 0 atom stereocenters. The van der Waals surface area contributed by atoms with E-state index in [0.29, 0.717) is 28.4 Å². The number of hydrogen-bond donors (Lipinski definition) is 2. The van der Waals surface area contributed by atoms with Crippen molar-refractivity contribution >= 4 is 23.2 Å². The van der Waals surface area contributed by atoms with E-state index in [0.717, 1.165) is 18.4 Å². The zero-order chi connectivity index (χ0) is 25.2. The third kappa shape index (κ3) is 5.02. The third-order valence-electron chi connectivity index (χ3n) is 6.54. The Kier molecular flexibility index (Phi) is 6.57. The van der Waals surface area contributed by atoms with Crippen LogP contribution in [0, 0.1) is 0 Å². The van der Waals surface area contributed by atoms with Gasteiger partial charge in [-0.3, -0.25) is 9.59 Å². The summed E-state index contributed by atoms with van der Waals surface area (Å²) in [6.45, 7) is 6.52. The van der Waals surface area contributed by atoms with Crippen LogP contribution in [0.25, 0.3) is 0 Å². The molecule has 1 fully saturated rings. The Morgan fingerprint density at radius 2 is 1.34 bits per heavy atom. The van der Waals surface area contributed by atoms with Crippen molar-refractivity contribution in [2.24, 2.45) is 0 Å². The molecule has 4 rings (SSSR count). The second kappa shape index (κ2) is 9.45. The minimum Gasteiger partial charge on any atom is -0.494 e. The van der Waals surface area contributed by atoms with Gasteiger partial charge in [0.05, 0.1) is 31.0 Å². The van der Waals surface area contributed by atoms with Gasteiger partial charge in [-0.2, -0.15) is 0 Å². The fourth-order valence-corrected chi connectivity index (χ4v) is 4.18. The summed E-state index contributed by atoms with van der Waals surface area (Å²) in [6, 6.07) is 20.6. The van der Waals surface area contributed by atoms with E-state index in [4.69, 9.17) is 9.47 Å². The number of benzene rings is 3. The predicted molar refractivity (Wildman–Crippen MR) is 139 cm³/mol. The summed E-state index contributed by atoms with van der Waals surface area (Å²) in [5.74, 6) is 0.506. The Morgan fingerprint density at radius 1 is 0.800 bits per heavy atom. The zero-order valence-corrected chi connectivity index (χ0v) is 20.9. The summed E-state index contributed by atoms with van der Waals surface area (Å²) in [7, 11) is 3.04. The zero-order valence-electron chi connectivity index (χ0n) is 20.9. The summed E-state index contributed by atoms with van der Waals surface area (Å²) >= 11 is 0. The molecular weight excluding hydrogens is 440 g/mol. The molecule has 0 bridgehead atoms. The molecule has 0 radical (unpaired) electrons. The summed E-state index contributed by atoms with van der Waals surface area (Å²) in [5.41, 5.74) is 3.23. The van der Waals surface area contributed by atoms with E-state index in [1.165, 1.54) is 19.8 Å². The minimum absolute atomic E-state index is 0.0547. The lowest BCUT2D eigenvalue weighted by Gasteiger charge is -2.22. The van der Waals surface area contributed by atoms with Gasteiger partial charge in [-0.05, 0) is 41.5 Å². The molecule has 3 aromatic carbocycles. The highest BCUT2D eigenvalue weighted by atomic mass is 16.5. The van der Waals surface area contributed by atoms with Crippen LogP contribution >= 0.6 is 0 Å². The molecule has 1 saturated carbocycles. The molecule has 6 heteroatoms. The van der Waals surface area contributed by atoms with Gasteiger partial charge in [-0.25, -0.2) is 0 Å². The quantitative estimate of drug-likeness (QED) is 0.447. The van der Waals surface area contributed by atoms with Crippen LogP contribution in [0.2, 0.25) is 0 Å². The van der Waals surface area contributed by atoms with Gasteiger partial charge >= 0.3 is 0 Å². The van der Waals surface area contributed by atoms with Gasteiger partial charge in [-0.1, -0.05) is 63.2 Å². The first kappa shape index (κ1) is 24.3. The van der Waals surface area contributed by atoms with Crippen molar-refractivity contribution in [1.82, 2.24) is 0 Å². The molecule has 0 spiro atoms. The molecule has 1 aliphatic rings. The number of methoxy groups -OCH3 is 2. The number of hydrogen-bond acceptors (Lipinski definition) is 4. The van der Waals surface area contributed by atoms with Gasteiger partial charge in [0.2, 0.25) is 5.91 Å². The maximum Gasteiger partial charge on any atom is 0.255 e. The fourth-order valence-electron chi connectivity index (χ4n) is 4.18. The predicted octanol–water partition coefficient (Wildman–Crippen LogP) is 5.92. The first-order valence-corrected chi connectivity index (χ1v) is 11.7. The Hall–Kier alpha value is -3.80. The topological polar surface area (TPSA) is 76.7 Å². The maximum atomic E-state index is 13.4. The van der Waals surface area contributed by atoms with E-state index in [1.54, 1.807) is 36.4 Å². The maximum absolute atomic E-state index is 13.4. The molecule has 2 N–H and O–H groups in total. The van der Waals surface area contributed by atoms with Gasteiger partial charge in [0.25, 0.3) is 5.91 Å². The number of rotatable bonds is 7. The van der Waals surface area contributed by atoms with Crippen molar-refractivity contribution in [2.75, 3.05) is 24.9 Å². The molecular formula is C29H32N2O4. The molecule has 1 aliphatic carbocycles. The molecule has 0 unspecified atom stereocenters. The van der Waals surface area contributed by atoms with Crippen molar-refractivity contribution in [1.29, 1.82) is 0 Å². The van der Waals surface area contributed by atoms with Gasteiger partial charge in [0.15, 0.2) is 0 Å². The highest BCUT2D eigenvalue weighted by molar-refractivity contribution is 6.06. The Morgan fingerprint density at radius 3 is 1.83 bits per heavy atom. The Labute approximate surface area is 206 Å². The number of anilines is 2. The first-order chi connectivity index (χ1) is 16.7. The van der Waals surface area contributed by atoms with Crippen molar-refractivity contribution in [3.63, 3.8) is 0 Å². The molecule has 3 aromatic rings. The Bertz CT molecular complexity index is 1220. The number of carbonyl (C=O) groups is 2. The van der Waals surface area contributed by atoms with E-state index in [2.05, 4.69) is 55.7 Å². The molecule has 0 aromatic heterocycles. The summed E-state index contributed by atoms with van der Waals surface area (Å²) in [6.07, 6.45) is 1.58. The summed E-state index contributed by atoms with van der Waals surface area (Å²) in [4.78, 5) is 26.1. The second-order valence-electron chi connectivity index (χ2n) is 9.94. The summed E-state index contributed by atoms with van der Waals surface area (Å²) in [5, 5.41) is 5.90. The van der Waals surface area contributed by atoms with Gasteiger partial charge in [-0.15, -0.1) is 0 Å². The second-order valence-corrected chi connectivity index (χ2v) is 9.94. The summed E-state index contributed by atoms with van der Waals surface area (Å²) < 4.78 is 11.1. The minimum atomic E-state index is -0.547. The number of nitrogens with one attached hydrogen (secondary N) is 2. The molecule has 182 valence electrons. The standard InChI is InChI=1S/C29H32N2O4/c1-28(2,3)20-11-13-21(14-12-20)29(15-16-29)27(33)31-23-18-24(34-4)22(17-25(23)35-5)30-26(32)19-9-7-6-8-10-19/h6-14,17-18H,15-16H2,1-5H3,(H,30,32)(H,31,33). The van der Waals surface area contributed by atoms with E-state index in [9.17, 15) is 9.59 Å². The lowest BCUT2D eigenvalue weighted by molar-refractivity contribution is -0.118. The van der Waals surface area contributed by atoms with Crippen molar-refractivity contribution in [2.45, 2.75) is 44.4 Å². The van der Waals surface area contributed by atoms with E-state index in [1.807, 2.05) is 6.07 Å². The van der Waals surface area contributed by atoms with Crippen LogP contribution in [-0.4, -0.2) is 26.0 Å². The van der Waals surface area contributed by atoms with Crippen LogP contribution in [0.15, 0.2) is 66.7 Å². The van der Waals surface area contributed by atoms with Crippen LogP contribution in [0.4, 0.5) is 11.4 Å². The molecule has 2 amide bonds. The molecule has 0 heterocycles. The average molecular weight is 473 g/mol. The third-order valence-corrected chi connectivity index (χ3v) is 6.54. The van der Waals surface area contributed by atoms with Crippen molar-refractivity contribution in [3.8, 4) is 11.5 Å². The van der Waals surface area contributed by atoms with Crippen LogP contribution < -0.4 is 20.1 Å². The number of carbonyl (C=O) groups excluding carboxylic acids is 2. The van der Waals surface area contributed by atoms with Crippen LogP contribution in [0.3, 0.4) is 0 Å². The monoisotopic (exact) mass is 472 g/mol. The van der Waals surface area contributed by atoms with E-state index >= 15 is 0 Å². The highest BCUT2D eigenvalue weighted by Gasteiger charge is 2.51. The molecule has 0 aliphatic heterocycles. The smallest absolute Gasteiger partial charge is 0.255 e. The lowest BCUT2D eigenvalue weighted by atomic mass is 9.85. The van der Waals surface area contributed by atoms with Crippen molar-refractivity contribution < 1.29 is 19.1 Å². The molecule has 6 nitrogen and oxygen atoms in total. The van der Waals surface area contributed by atoms with Gasteiger partial charge in [0.1, 0.15) is 11.5 Å². The SMILES string of the molecule is COc1cc(NC(=O)C2(c3ccc(C(C)(C)C)cc3)CC2)c(OC)cc1NC(=O)c1ccccc1. The van der Waals surface area contributed by atoms with Gasteiger partial charge in [0, 0.05) is 17.7 Å². The fraction of sp³-hybridized carbons (Fsp3) is 0.310. The van der Waals surface area contributed by atoms with Crippen molar-refractivity contribution in [3.05, 3.63) is 83.4 Å². The number of amides is 2. The number of ether oxygens (including phenoxy) is 2. The van der Waals surface area contributed by atoms with E-state index < -0.39 is 5.41 Å². The normalized spacial score (nSPS) is 14.1. The Balaban J connectivity index is 1.57. The van der Waals surface area contributed by atoms with Crippen LogP contribution in [0.5, 0.6) is 11.5 Å². The average Bonchev–Trinajstić information content (AvgIpc) is 3.67. The van der Waals surface area contributed by atoms with Crippen LogP contribution in [-0.2, 0) is 15.6 Å². The van der Waals surface area contributed by atoms with Gasteiger partial charge < -0.3 is 20.1 Å². The van der Waals surface area contributed by atoms with E-state index in [-0.39, 0.29) is 17.2 Å². The highest BCUT2D eigenvalue weighted by Crippen LogP contribution is 2.50. The first-order valence-electron chi connectivity index (χ1n) is 11.7. The molecule has 0 saturated heterocycles. The lowest BCUT2D eigenvalue weighted by Crippen LogP contribution is -2.28. The van der Waals surface area contributed by atoms with Crippen LogP contribution in [0.1, 0.15) is 55.1 Å². The molecule has 35 heavy (non-hydrogen) atoms. The largest absolute Gasteiger partial charge is 0.494 e.